The van der Waals surface area contributed by atoms with Crippen molar-refractivity contribution < 1.29 is 0 Å². The molecule has 0 bridgehead atoms. The second-order valence-electron chi connectivity index (χ2n) is 4.61. The Bertz CT molecular complexity index is 541. The van der Waals surface area contributed by atoms with Gasteiger partial charge in [0.2, 0.25) is 0 Å². The highest BCUT2D eigenvalue weighted by molar-refractivity contribution is 7.16. The van der Waals surface area contributed by atoms with E-state index in [-0.39, 0.29) is 0 Å². The molecule has 0 aliphatic heterocycles. The molecule has 0 spiro atoms. The van der Waals surface area contributed by atoms with Crippen molar-refractivity contribution in [3.63, 3.8) is 0 Å². The topological polar surface area (TPSA) is 16.1 Å². The molecule has 0 unspecified atom stereocenters. The summed E-state index contributed by atoms with van der Waals surface area (Å²) in [7, 11) is 4.06. The lowest BCUT2D eigenvalue weighted by atomic mass is 10.0. The van der Waals surface area contributed by atoms with Crippen molar-refractivity contribution in [1.82, 2.24) is 4.98 Å². The summed E-state index contributed by atoms with van der Waals surface area (Å²) in [5.41, 5.74) is 4.96. The molecule has 2 aromatic rings. The summed E-state index contributed by atoms with van der Waals surface area (Å²) in [5.74, 6) is 0. The van der Waals surface area contributed by atoms with Gasteiger partial charge >= 0.3 is 0 Å². The third kappa shape index (κ3) is 2.34. The number of aryl methyl sites for hydroxylation is 3. The van der Waals surface area contributed by atoms with E-state index in [9.17, 15) is 0 Å². The van der Waals surface area contributed by atoms with Gasteiger partial charge in [-0.3, -0.25) is 0 Å². The number of hydrogen-bond acceptors (Lipinski definition) is 3. The summed E-state index contributed by atoms with van der Waals surface area (Å²) < 4.78 is 0. The number of rotatable bonds is 2. The molecule has 0 N–H and O–H groups in total. The molecule has 0 aliphatic rings. The molecule has 2 nitrogen and oxygen atoms in total. The first-order valence-electron chi connectivity index (χ1n) is 5.71. The van der Waals surface area contributed by atoms with Gasteiger partial charge < -0.3 is 4.90 Å². The molecular formula is C14H18N2S. The third-order valence-electron chi connectivity index (χ3n) is 2.80. The van der Waals surface area contributed by atoms with E-state index in [2.05, 4.69) is 43.9 Å². The molecule has 0 fully saturated rings. The second-order valence-corrected chi connectivity index (χ2v) is 5.80. The largest absolute Gasteiger partial charge is 0.354 e. The van der Waals surface area contributed by atoms with Gasteiger partial charge in [-0.1, -0.05) is 23.8 Å². The lowest BCUT2D eigenvalue weighted by Gasteiger charge is -2.07. The van der Waals surface area contributed by atoms with Crippen LogP contribution in [-0.2, 0) is 0 Å². The van der Waals surface area contributed by atoms with Crippen LogP contribution in [0.25, 0.3) is 11.3 Å². The second kappa shape index (κ2) is 4.49. The van der Waals surface area contributed by atoms with Crippen molar-refractivity contribution in [2.75, 3.05) is 19.0 Å². The highest BCUT2D eigenvalue weighted by Gasteiger charge is 2.12. The molecule has 1 aromatic heterocycles. The summed E-state index contributed by atoms with van der Waals surface area (Å²) in [6.07, 6.45) is 0. The molecule has 0 saturated carbocycles. The molecule has 3 heteroatoms. The molecule has 2 rings (SSSR count). The van der Waals surface area contributed by atoms with Gasteiger partial charge in [0, 0.05) is 24.5 Å². The van der Waals surface area contributed by atoms with E-state index in [0.717, 1.165) is 10.8 Å². The minimum absolute atomic E-state index is 1.07. The molecule has 17 heavy (non-hydrogen) atoms. The van der Waals surface area contributed by atoms with Crippen LogP contribution in [0.4, 0.5) is 5.13 Å². The number of thiazole rings is 1. The van der Waals surface area contributed by atoms with E-state index in [0.29, 0.717) is 0 Å². The van der Waals surface area contributed by atoms with E-state index >= 15 is 0 Å². The van der Waals surface area contributed by atoms with Crippen LogP contribution < -0.4 is 4.90 Å². The van der Waals surface area contributed by atoms with Crippen molar-refractivity contribution >= 4 is 16.5 Å². The van der Waals surface area contributed by atoms with Crippen LogP contribution in [0, 0.1) is 20.8 Å². The van der Waals surface area contributed by atoms with Crippen molar-refractivity contribution in [3.05, 3.63) is 34.2 Å². The Labute approximate surface area is 107 Å². The van der Waals surface area contributed by atoms with Gasteiger partial charge in [0.1, 0.15) is 0 Å². The first kappa shape index (κ1) is 12.1. The number of nitrogens with zero attached hydrogens (tertiary/aromatic N) is 2. The fraction of sp³-hybridized carbons (Fsp3) is 0.357. The normalized spacial score (nSPS) is 10.6. The lowest BCUT2D eigenvalue weighted by Crippen LogP contribution is -2.07. The van der Waals surface area contributed by atoms with Crippen LogP contribution in [0.5, 0.6) is 0 Å². The van der Waals surface area contributed by atoms with Gasteiger partial charge in [0.15, 0.2) is 5.13 Å². The van der Waals surface area contributed by atoms with Gasteiger partial charge in [-0.05, 0) is 26.3 Å². The first-order valence-corrected chi connectivity index (χ1v) is 6.53. The van der Waals surface area contributed by atoms with E-state index in [1.165, 1.54) is 21.6 Å². The molecular weight excluding hydrogens is 228 g/mol. The maximum atomic E-state index is 4.71. The molecule has 1 aromatic carbocycles. The quantitative estimate of drug-likeness (QED) is 0.801. The minimum atomic E-state index is 1.07. The summed E-state index contributed by atoms with van der Waals surface area (Å²) in [6.45, 7) is 6.41. The van der Waals surface area contributed by atoms with E-state index in [1.54, 1.807) is 11.3 Å². The number of benzene rings is 1. The maximum Gasteiger partial charge on any atom is 0.185 e. The summed E-state index contributed by atoms with van der Waals surface area (Å²) in [6, 6.07) is 6.53. The first-order chi connectivity index (χ1) is 7.99. The number of hydrogen-bond donors (Lipinski definition) is 0. The van der Waals surface area contributed by atoms with Crippen LogP contribution in [0.15, 0.2) is 18.2 Å². The highest BCUT2D eigenvalue weighted by Crippen LogP contribution is 2.33. The molecule has 0 amide bonds. The van der Waals surface area contributed by atoms with Crippen molar-refractivity contribution in [2.24, 2.45) is 0 Å². The maximum absolute atomic E-state index is 4.71. The molecule has 0 aliphatic carbocycles. The molecule has 1 heterocycles. The van der Waals surface area contributed by atoms with Crippen LogP contribution in [0.2, 0.25) is 0 Å². The zero-order valence-corrected chi connectivity index (χ0v) is 11.9. The molecule has 90 valence electrons. The van der Waals surface area contributed by atoms with Crippen LogP contribution in [0.1, 0.15) is 16.0 Å². The van der Waals surface area contributed by atoms with Crippen molar-refractivity contribution in [2.45, 2.75) is 20.8 Å². The van der Waals surface area contributed by atoms with Crippen LogP contribution >= 0.6 is 11.3 Å². The fourth-order valence-electron chi connectivity index (χ4n) is 1.90. The molecule has 0 saturated heterocycles. The Hall–Kier alpha value is -1.35. The van der Waals surface area contributed by atoms with Crippen molar-refractivity contribution in [3.8, 4) is 11.3 Å². The lowest BCUT2D eigenvalue weighted by molar-refractivity contribution is 1.10. The van der Waals surface area contributed by atoms with Gasteiger partial charge in [0.05, 0.1) is 5.69 Å². The van der Waals surface area contributed by atoms with E-state index < -0.39 is 0 Å². The summed E-state index contributed by atoms with van der Waals surface area (Å²) >= 11 is 1.75. The van der Waals surface area contributed by atoms with Crippen molar-refractivity contribution in [1.29, 1.82) is 0 Å². The predicted octanol–water partition coefficient (Wildman–Crippen LogP) is 3.80. The highest BCUT2D eigenvalue weighted by atomic mass is 32.1. The third-order valence-corrected chi connectivity index (χ3v) is 3.94. The Balaban J connectivity index is 2.52. The molecule has 0 radical (unpaired) electrons. The number of aromatic nitrogens is 1. The standard InChI is InChI=1S/C14H18N2S/c1-9-6-7-12(10(2)8-9)13-11(3)17-14(15-13)16(4)5/h6-8H,1-5H3. The average Bonchev–Trinajstić information content (AvgIpc) is 2.61. The average molecular weight is 246 g/mol. The minimum Gasteiger partial charge on any atom is -0.354 e. The van der Waals surface area contributed by atoms with Crippen LogP contribution in [-0.4, -0.2) is 19.1 Å². The Morgan fingerprint density at radius 2 is 1.82 bits per heavy atom. The van der Waals surface area contributed by atoms with Gasteiger partial charge in [-0.15, -0.1) is 11.3 Å². The van der Waals surface area contributed by atoms with E-state index in [1.807, 2.05) is 14.1 Å². The fourth-order valence-corrected chi connectivity index (χ4v) is 2.75. The van der Waals surface area contributed by atoms with Crippen LogP contribution in [0.3, 0.4) is 0 Å². The Morgan fingerprint density at radius 3 is 2.35 bits per heavy atom. The summed E-state index contributed by atoms with van der Waals surface area (Å²) in [5, 5.41) is 1.07. The monoisotopic (exact) mass is 246 g/mol. The SMILES string of the molecule is Cc1ccc(-c2nc(N(C)C)sc2C)c(C)c1. The zero-order chi connectivity index (χ0) is 12.6. The number of anilines is 1. The smallest absolute Gasteiger partial charge is 0.185 e. The Kier molecular flexibility index (Phi) is 3.20. The zero-order valence-electron chi connectivity index (χ0n) is 11.0. The molecule has 0 atom stereocenters. The van der Waals surface area contributed by atoms with Gasteiger partial charge in [-0.25, -0.2) is 4.98 Å². The Morgan fingerprint density at radius 1 is 1.12 bits per heavy atom. The van der Waals surface area contributed by atoms with Gasteiger partial charge in [0.25, 0.3) is 0 Å². The predicted molar refractivity (Wildman–Crippen MR) is 76.1 cm³/mol. The van der Waals surface area contributed by atoms with Gasteiger partial charge in [-0.2, -0.15) is 0 Å². The summed E-state index contributed by atoms with van der Waals surface area (Å²) in [4.78, 5) is 8.05. The van der Waals surface area contributed by atoms with E-state index in [4.69, 9.17) is 4.98 Å².